The molecule has 104 valence electrons. The van der Waals surface area contributed by atoms with Gasteiger partial charge in [-0.25, -0.2) is 0 Å². The first-order valence-corrected chi connectivity index (χ1v) is 6.98. The van der Waals surface area contributed by atoms with E-state index in [-0.39, 0.29) is 0 Å². The van der Waals surface area contributed by atoms with E-state index >= 15 is 0 Å². The van der Waals surface area contributed by atoms with Crippen LogP contribution in [-0.2, 0) is 13.1 Å². The van der Waals surface area contributed by atoms with E-state index < -0.39 is 5.37 Å². The largest absolute Gasteiger partial charge is 0.321 e. The average Bonchev–Trinajstić information content (AvgIpc) is 2.42. The third kappa shape index (κ3) is 4.10. The molecule has 0 unspecified atom stereocenters. The number of benzene rings is 2. The fraction of sp³-hybridized carbons (Fsp3) is 0.235. The Bertz CT molecular complexity index is 527. The van der Waals surface area contributed by atoms with Crippen LogP contribution < -0.4 is 0 Å². The Morgan fingerprint density at radius 1 is 0.850 bits per heavy atom. The van der Waals surface area contributed by atoms with Gasteiger partial charge in [0.1, 0.15) is 0 Å². The van der Waals surface area contributed by atoms with Crippen molar-refractivity contribution in [2.45, 2.75) is 26.9 Å². The minimum Gasteiger partial charge on any atom is -0.321 e. The first-order valence-electron chi connectivity index (χ1n) is 6.60. The highest BCUT2D eigenvalue weighted by Crippen LogP contribution is 2.13. The van der Waals surface area contributed by atoms with Crippen molar-refractivity contribution in [3.05, 3.63) is 70.8 Å². The third-order valence-corrected chi connectivity index (χ3v) is 3.48. The maximum atomic E-state index is 11.6. The summed E-state index contributed by atoms with van der Waals surface area (Å²) in [6, 6.07) is 16.3. The van der Waals surface area contributed by atoms with Crippen LogP contribution in [0.1, 0.15) is 22.3 Å². The van der Waals surface area contributed by atoms with Gasteiger partial charge in [-0.15, -0.1) is 0 Å². The first-order chi connectivity index (χ1) is 9.54. The molecule has 2 rings (SSSR count). The Balaban J connectivity index is 2.09. The normalized spacial score (nSPS) is 10.3. The summed E-state index contributed by atoms with van der Waals surface area (Å²) < 4.78 is 0. The molecule has 3 heteroatoms. The van der Waals surface area contributed by atoms with Crippen molar-refractivity contribution in [3.63, 3.8) is 0 Å². The SMILES string of the molecule is Cc1ccc(CN(Cc2ccc(C)cc2)C(=O)Cl)cc1. The van der Waals surface area contributed by atoms with E-state index in [1.54, 1.807) is 4.90 Å². The van der Waals surface area contributed by atoms with Crippen LogP contribution in [0.3, 0.4) is 0 Å². The number of halogens is 1. The van der Waals surface area contributed by atoms with Crippen molar-refractivity contribution in [2.24, 2.45) is 0 Å². The Hall–Kier alpha value is -1.80. The molecule has 0 atom stereocenters. The van der Waals surface area contributed by atoms with E-state index in [9.17, 15) is 4.79 Å². The fourth-order valence-corrected chi connectivity index (χ4v) is 2.13. The lowest BCUT2D eigenvalue weighted by Gasteiger charge is -2.20. The predicted octanol–water partition coefficient (Wildman–Crippen LogP) is 4.66. The highest BCUT2D eigenvalue weighted by molar-refractivity contribution is 6.62. The van der Waals surface area contributed by atoms with Crippen LogP contribution in [0.5, 0.6) is 0 Å². The van der Waals surface area contributed by atoms with Crippen LogP contribution in [-0.4, -0.2) is 10.3 Å². The van der Waals surface area contributed by atoms with Crippen LogP contribution in [0.15, 0.2) is 48.5 Å². The molecule has 2 aromatic rings. The summed E-state index contributed by atoms with van der Waals surface area (Å²) in [6.45, 7) is 5.13. The zero-order valence-corrected chi connectivity index (χ0v) is 12.5. The number of hydrogen-bond donors (Lipinski definition) is 0. The zero-order chi connectivity index (χ0) is 14.5. The van der Waals surface area contributed by atoms with Crippen molar-refractivity contribution in [1.29, 1.82) is 0 Å². The molecular weight excluding hydrogens is 270 g/mol. The van der Waals surface area contributed by atoms with Gasteiger partial charge in [-0.2, -0.15) is 0 Å². The number of nitrogens with zero attached hydrogens (tertiary/aromatic N) is 1. The quantitative estimate of drug-likeness (QED) is 0.591. The van der Waals surface area contributed by atoms with E-state index in [2.05, 4.69) is 0 Å². The van der Waals surface area contributed by atoms with Crippen molar-refractivity contribution >= 4 is 17.0 Å². The van der Waals surface area contributed by atoms with Crippen LogP contribution in [0.25, 0.3) is 0 Å². The Labute approximate surface area is 125 Å². The molecule has 0 heterocycles. The standard InChI is InChI=1S/C17H18ClNO/c1-13-3-7-15(8-4-13)11-19(17(18)20)12-16-9-5-14(2)6-10-16/h3-10H,11-12H2,1-2H3. The number of hydrogen-bond acceptors (Lipinski definition) is 1. The Kier molecular flexibility index (Phi) is 4.80. The highest BCUT2D eigenvalue weighted by atomic mass is 35.5. The van der Waals surface area contributed by atoms with Crippen molar-refractivity contribution in [1.82, 2.24) is 4.90 Å². The summed E-state index contributed by atoms with van der Waals surface area (Å²) in [5.41, 5.74) is 4.57. The maximum Gasteiger partial charge on any atom is 0.316 e. The molecule has 0 spiro atoms. The zero-order valence-electron chi connectivity index (χ0n) is 11.8. The summed E-state index contributed by atoms with van der Waals surface area (Å²) >= 11 is 5.69. The molecular formula is C17H18ClNO. The monoisotopic (exact) mass is 287 g/mol. The van der Waals surface area contributed by atoms with Gasteiger partial charge in [0.2, 0.25) is 0 Å². The Morgan fingerprint density at radius 2 is 1.20 bits per heavy atom. The molecule has 0 aliphatic carbocycles. The van der Waals surface area contributed by atoms with Gasteiger partial charge in [0.15, 0.2) is 0 Å². The van der Waals surface area contributed by atoms with Crippen molar-refractivity contribution in [2.75, 3.05) is 0 Å². The lowest BCUT2D eigenvalue weighted by Crippen LogP contribution is -2.25. The molecule has 0 saturated carbocycles. The van der Waals surface area contributed by atoms with Gasteiger partial charge in [-0.3, -0.25) is 4.79 Å². The summed E-state index contributed by atoms with van der Waals surface area (Å²) in [7, 11) is 0. The van der Waals surface area contributed by atoms with Gasteiger partial charge in [-0.05, 0) is 36.6 Å². The fourth-order valence-electron chi connectivity index (χ4n) is 2.01. The van der Waals surface area contributed by atoms with E-state index in [1.807, 2.05) is 62.4 Å². The lowest BCUT2D eigenvalue weighted by atomic mass is 10.1. The molecule has 1 amide bonds. The number of aryl methyl sites for hydroxylation is 2. The van der Waals surface area contributed by atoms with Crippen LogP contribution in [0, 0.1) is 13.8 Å². The van der Waals surface area contributed by atoms with Crippen molar-refractivity contribution < 1.29 is 4.79 Å². The minimum atomic E-state index is -0.425. The van der Waals surface area contributed by atoms with Gasteiger partial charge in [-0.1, -0.05) is 59.7 Å². The second-order valence-electron chi connectivity index (χ2n) is 5.08. The van der Waals surface area contributed by atoms with E-state index in [0.29, 0.717) is 13.1 Å². The average molecular weight is 288 g/mol. The van der Waals surface area contributed by atoms with Gasteiger partial charge >= 0.3 is 5.37 Å². The molecule has 0 radical (unpaired) electrons. The molecule has 0 saturated heterocycles. The Morgan fingerprint density at radius 3 is 1.50 bits per heavy atom. The second-order valence-corrected chi connectivity index (χ2v) is 5.40. The smallest absolute Gasteiger partial charge is 0.316 e. The number of carbonyl (C=O) groups is 1. The van der Waals surface area contributed by atoms with E-state index in [0.717, 1.165) is 11.1 Å². The summed E-state index contributed by atoms with van der Waals surface area (Å²) in [6.07, 6.45) is 0. The summed E-state index contributed by atoms with van der Waals surface area (Å²) in [5.74, 6) is 0. The van der Waals surface area contributed by atoms with E-state index in [1.165, 1.54) is 11.1 Å². The molecule has 0 bridgehead atoms. The van der Waals surface area contributed by atoms with Gasteiger partial charge in [0.25, 0.3) is 0 Å². The second kappa shape index (κ2) is 6.58. The molecule has 0 aliphatic rings. The van der Waals surface area contributed by atoms with Crippen molar-refractivity contribution in [3.8, 4) is 0 Å². The molecule has 20 heavy (non-hydrogen) atoms. The topological polar surface area (TPSA) is 20.3 Å². The van der Waals surface area contributed by atoms with Crippen LogP contribution in [0.4, 0.5) is 4.79 Å². The molecule has 0 aromatic heterocycles. The molecule has 2 nitrogen and oxygen atoms in total. The molecule has 2 aromatic carbocycles. The number of rotatable bonds is 4. The maximum absolute atomic E-state index is 11.6. The molecule has 0 N–H and O–H groups in total. The molecule has 0 aliphatic heterocycles. The third-order valence-electron chi connectivity index (χ3n) is 3.24. The van der Waals surface area contributed by atoms with E-state index in [4.69, 9.17) is 11.6 Å². The first kappa shape index (κ1) is 14.6. The van der Waals surface area contributed by atoms with Crippen LogP contribution >= 0.6 is 11.6 Å². The number of carbonyl (C=O) groups excluding carboxylic acids is 1. The van der Waals surface area contributed by atoms with Gasteiger partial charge in [0.05, 0.1) is 0 Å². The number of amides is 1. The highest BCUT2D eigenvalue weighted by Gasteiger charge is 2.12. The lowest BCUT2D eigenvalue weighted by molar-refractivity contribution is 0.216. The van der Waals surface area contributed by atoms with Gasteiger partial charge in [0, 0.05) is 13.1 Å². The minimum absolute atomic E-state index is 0.425. The predicted molar refractivity (Wildman–Crippen MR) is 82.9 cm³/mol. The summed E-state index contributed by atoms with van der Waals surface area (Å²) in [4.78, 5) is 13.2. The van der Waals surface area contributed by atoms with Crippen LogP contribution in [0.2, 0.25) is 0 Å². The van der Waals surface area contributed by atoms with Gasteiger partial charge < -0.3 is 4.90 Å². The summed E-state index contributed by atoms with van der Waals surface area (Å²) in [5, 5.41) is -0.425. The molecule has 0 fully saturated rings.